The van der Waals surface area contributed by atoms with E-state index in [1.165, 1.54) is 36.4 Å². The fourth-order valence-corrected chi connectivity index (χ4v) is 3.95. The van der Waals surface area contributed by atoms with Crippen LogP contribution < -0.4 is 10.0 Å². The van der Waals surface area contributed by atoms with Crippen LogP contribution in [0.4, 0.5) is 4.39 Å². The van der Waals surface area contributed by atoms with Crippen LogP contribution in [0.5, 0.6) is 0 Å². The third-order valence-corrected chi connectivity index (χ3v) is 5.52. The van der Waals surface area contributed by atoms with E-state index >= 15 is 0 Å². The Morgan fingerprint density at radius 3 is 2.73 bits per heavy atom. The maximum atomic E-state index is 13.2. The van der Waals surface area contributed by atoms with Crippen molar-refractivity contribution in [2.45, 2.75) is 23.9 Å². The number of amides is 1. The van der Waals surface area contributed by atoms with Gasteiger partial charge in [0, 0.05) is 24.8 Å². The molecule has 1 aliphatic rings. The molecule has 2 N–H and O–H groups in total. The molecule has 0 aliphatic carbocycles. The second-order valence-corrected chi connectivity index (χ2v) is 7.74. The average molecular weight is 378 g/mol. The average Bonchev–Trinajstić information content (AvgIpc) is 3.12. The molecule has 0 aromatic heterocycles. The first kappa shape index (κ1) is 18.5. The zero-order valence-electron chi connectivity index (χ0n) is 13.9. The first-order valence-corrected chi connectivity index (χ1v) is 9.65. The smallest absolute Gasteiger partial charge is 0.251 e. The standard InChI is InChI=1S/C18H19FN2O4S/c19-15-5-1-3-13(9-15)11-20-18(22)14-4-2-6-17(10-14)26(23,24)21-16-7-8-25-12-16/h1-6,9-10,16,21H,7-8,11-12H2,(H,20,22)/t16-/m0/s1. The number of sulfonamides is 1. The zero-order valence-corrected chi connectivity index (χ0v) is 14.8. The van der Waals surface area contributed by atoms with Crippen LogP contribution in [-0.4, -0.2) is 33.6 Å². The molecule has 1 atom stereocenters. The van der Waals surface area contributed by atoms with Crippen LogP contribution in [0.3, 0.4) is 0 Å². The van der Waals surface area contributed by atoms with Gasteiger partial charge < -0.3 is 10.1 Å². The molecule has 6 nitrogen and oxygen atoms in total. The number of ether oxygens (including phenoxy) is 1. The van der Waals surface area contributed by atoms with E-state index in [1.54, 1.807) is 12.1 Å². The SMILES string of the molecule is O=C(NCc1cccc(F)c1)c1cccc(S(=O)(=O)N[C@H]2CCOC2)c1. The van der Waals surface area contributed by atoms with Crippen LogP contribution in [0.15, 0.2) is 53.4 Å². The van der Waals surface area contributed by atoms with Crippen molar-refractivity contribution >= 4 is 15.9 Å². The highest BCUT2D eigenvalue weighted by Crippen LogP contribution is 2.14. The van der Waals surface area contributed by atoms with Gasteiger partial charge in [-0.05, 0) is 42.3 Å². The minimum atomic E-state index is -3.73. The highest BCUT2D eigenvalue weighted by Gasteiger charge is 2.24. The molecule has 1 saturated heterocycles. The summed E-state index contributed by atoms with van der Waals surface area (Å²) in [5.41, 5.74) is 0.831. The minimum Gasteiger partial charge on any atom is -0.380 e. The van der Waals surface area contributed by atoms with Crippen LogP contribution in [-0.2, 0) is 21.3 Å². The van der Waals surface area contributed by atoms with Gasteiger partial charge in [-0.1, -0.05) is 18.2 Å². The third-order valence-electron chi connectivity index (χ3n) is 4.00. The zero-order chi connectivity index (χ0) is 18.6. The van der Waals surface area contributed by atoms with E-state index in [1.807, 2.05) is 0 Å². The van der Waals surface area contributed by atoms with Crippen molar-refractivity contribution in [3.8, 4) is 0 Å². The lowest BCUT2D eigenvalue weighted by Gasteiger charge is -2.12. The van der Waals surface area contributed by atoms with Gasteiger partial charge in [0.05, 0.1) is 11.5 Å². The number of benzene rings is 2. The predicted molar refractivity (Wildman–Crippen MR) is 93.6 cm³/mol. The van der Waals surface area contributed by atoms with Crippen molar-refractivity contribution in [3.05, 3.63) is 65.5 Å². The van der Waals surface area contributed by atoms with Gasteiger partial charge in [-0.25, -0.2) is 17.5 Å². The van der Waals surface area contributed by atoms with Gasteiger partial charge in [0.25, 0.3) is 5.91 Å². The number of nitrogens with one attached hydrogen (secondary N) is 2. The highest BCUT2D eigenvalue weighted by atomic mass is 32.2. The van der Waals surface area contributed by atoms with Crippen LogP contribution >= 0.6 is 0 Å². The van der Waals surface area contributed by atoms with Gasteiger partial charge in [0.15, 0.2) is 0 Å². The maximum Gasteiger partial charge on any atom is 0.251 e. The first-order chi connectivity index (χ1) is 12.4. The molecule has 1 heterocycles. The summed E-state index contributed by atoms with van der Waals surface area (Å²) < 4.78 is 45.8. The Morgan fingerprint density at radius 1 is 1.19 bits per heavy atom. The molecule has 1 aliphatic heterocycles. The fraction of sp³-hybridized carbons (Fsp3) is 0.278. The van der Waals surface area contributed by atoms with E-state index in [9.17, 15) is 17.6 Å². The van der Waals surface area contributed by atoms with Gasteiger partial charge in [-0.15, -0.1) is 0 Å². The summed E-state index contributed by atoms with van der Waals surface area (Å²) in [5.74, 6) is -0.817. The summed E-state index contributed by atoms with van der Waals surface area (Å²) in [6, 6.07) is 11.4. The van der Waals surface area contributed by atoms with Gasteiger partial charge in [0.1, 0.15) is 5.82 Å². The Kier molecular flexibility index (Phi) is 5.65. The van der Waals surface area contributed by atoms with E-state index in [-0.39, 0.29) is 28.9 Å². The largest absolute Gasteiger partial charge is 0.380 e. The fourth-order valence-electron chi connectivity index (χ4n) is 2.65. The van der Waals surface area contributed by atoms with Gasteiger partial charge in [-0.3, -0.25) is 4.79 Å². The molecule has 2 aromatic rings. The Hall–Kier alpha value is -2.29. The molecule has 1 fully saturated rings. The van der Waals surface area contributed by atoms with Gasteiger partial charge in [-0.2, -0.15) is 0 Å². The maximum absolute atomic E-state index is 13.2. The topological polar surface area (TPSA) is 84.5 Å². The molecular formula is C18H19FN2O4S. The predicted octanol–water partition coefficient (Wildman–Crippen LogP) is 1.82. The van der Waals surface area contributed by atoms with Crippen molar-refractivity contribution in [3.63, 3.8) is 0 Å². The van der Waals surface area contributed by atoms with Crippen molar-refractivity contribution in [2.75, 3.05) is 13.2 Å². The quantitative estimate of drug-likeness (QED) is 0.803. The van der Waals surface area contributed by atoms with Crippen LogP contribution in [0.2, 0.25) is 0 Å². The molecule has 0 spiro atoms. The molecule has 26 heavy (non-hydrogen) atoms. The van der Waals surface area contributed by atoms with Crippen molar-refractivity contribution < 1.29 is 22.3 Å². The molecule has 2 aromatic carbocycles. The van der Waals surface area contributed by atoms with Crippen molar-refractivity contribution in [1.82, 2.24) is 10.0 Å². The lowest BCUT2D eigenvalue weighted by atomic mass is 10.2. The van der Waals surface area contributed by atoms with Crippen LogP contribution in [0.25, 0.3) is 0 Å². The Morgan fingerprint density at radius 2 is 2.00 bits per heavy atom. The molecule has 1 amide bonds. The number of carbonyl (C=O) groups is 1. The Bertz CT molecular complexity index is 896. The van der Waals surface area contributed by atoms with E-state index in [0.717, 1.165) is 0 Å². The second-order valence-electron chi connectivity index (χ2n) is 6.02. The van der Waals surface area contributed by atoms with E-state index in [0.29, 0.717) is 25.2 Å². The molecule has 138 valence electrons. The van der Waals surface area contributed by atoms with Crippen LogP contribution in [0, 0.1) is 5.82 Å². The lowest BCUT2D eigenvalue weighted by molar-refractivity contribution is 0.0950. The number of halogens is 1. The number of hydrogen-bond acceptors (Lipinski definition) is 4. The second kappa shape index (κ2) is 7.94. The normalized spacial score (nSPS) is 17.2. The molecule has 0 bridgehead atoms. The summed E-state index contributed by atoms with van der Waals surface area (Å²) in [7, 11) is -3.73. The minimum absolute atomic E-state index is 0.0165. The molecule has 0 unspecified atom stereocenters. The number of carbonyl (C=O) groups excluding carboxylic acids is 1. The highest BCUT2D eigenvalue weighted by molar-refractivity contribution is 7.89. The summed E-state index contributed by atoms with van der Waals surface area (Å²) in [5, 5.41) is 2.65. The molecular weight excluding hydrogens is 359 g/mol. The van der Waals surface area contributed by atoms with Crippen molar-refractivity contribution in [2.24, 2.45) is 0 Å². The van der Waals surface area contributed by atoms with E-state index < -0.39 is 15.9 Å². The van der Waals surface area contributed by atoms with Crippen LogP contribution in [0.1, 0.15) is 22.3 Å². The monoisotopic (exact) mass is 378 g/mol. The number of hydrogen-bond donors (Lipinski definition) is 2. The van der Waals surface area contributed by atoms with E-state index in [2.05, 4.69) is 10.0 Å². The van der Waals surface area contributed by atoms with Gasteiger partial charge >= 0.3 is 0 Å². The summed E-state index contributed by atoms with van der Waals surface area (Å²) in [6.45, 7) is 1.01. The first-order valence-electron chi connectivity index (χ1n) is 8.17. The summed E-state index contributed by atoms with van der Waals surface area (Å²) >= 11 is 0. The third kappa shape index (κ3) is 4.66. The molecule has 0 radical (unpaired) electrons. The Labute approximate surface area is 151 Å². The summed E-state index contributed by atoms with van der Waals surface area (Å²) in [4.78, 5) is 12.3. The lowest BCUT2D eigenvalue weighted by Crippen LogP contribution is -2.35. The number of rotatable bonds is 6. The van der Waals surface area contributed by atoms with E-state index in [4.69, 9.17) is 4.74 Å². The van der Waals surface area contributed by atoms with Crippen molar-refractivity contribution in [1.29, 1.82) is 0 Å². The molecule has 3 rings (SSSR count). The van der Waals surface area contributed by atoms with Gasteiger partial charge in [0.2, 0.25) is 10.0 Å². The molecule has 0 saturated carbocycles. The molecule has 8 heteroatoms. The Balaban J connectivity index is 1.68. The summed E-state index contributed by atoms with van der Waals surface area (Å²) in [6.07, 6.45) is 0.618.